The molecule has 4 rings (SSSR count). The summed E-state index contributed by atoms with van der Waals surface area (Å²) in [6, 6.07) is -14.3. The maximum absolute atomic E-state index is 15.3. The van der Waals surface area contributed by atoms with Gasteiger partial charge in [0.15, 0.2) is 11.9 Å². The molecule has 48 heteroatoms. The molecule has 1 aliphatic rings. The highest BCUT2D eigenvalue weighted by atomic mass is 32.2. The summed E-state index contributed by atoms with van der Waals surface area (Å²) in [5, 5.41) is 94.5. The fraction of sp³-hybridized carbons (Fsp3) is 0.634. The van der Waals surface area contributed by atoms with E-state index in [4.69, 9.17) is 39.5 Å². The molecule has 1 aliphatic heterocycles. The monoisotopic (exact) mass is 1850 g/mol. The Morgan fingerprint density at radius 3 is 1.35 bits per heavy atom. The van der Waals surface area contributed by atoms with E-state index in [9.17, 15) is 78.0 Å². The largest absolute Gasteiger partial charge is 0.480 e. The number of amides is 15. The van der Waals surface area contributed by atoms with E-state index >= 15 is 19.2 Å². The smallest absolute Gasteiger partial charge is 0.328 e. The number of carbonyl (C=O) groups is 16. The lowest BCUT2D eigenvalue weighted by Gasteiger charge is -2.31. The van der Waals surface area contributed by atoms with Crippen molar-refractivity contribution in [3.05, 3.63) is 72.3 Å². The summed E-state index contributed by atoms with van der Waals surface area (Å²) in [6.07, 6.45) is 2.59. The minimum atomic E-state index is -1.74. The second kappa shape index (κ2) is 57.0. The number of nitrogens with two attached hydrogens (primary N) is 5. The van der Waals surface area contributed by atoms with Gasteiger partial charge in [0.25, 0.3) is 0 Å². The zero-order valence-electron chi connectivity index (χ0n) is 75.0. The van der Waals surface area contributed by atoms with E-state index in [0.29, 0.717) is 23.4 Å². The van der Waals surface area contributed by atoms with Crippen molar-refractivity contribution >= 4 is 118 Å². The van der Waals surface area contributed by atoms with E-state index in [0.717, 1.165) is 0 Å². The molecule has 3 heterocycles. The summed E-state index contributed by atoms with van der Waals surface area (Å²) < 4.78 is 0. The number of aromatic amines is 2. The summed E-state index contributed by atoms with van der Waals surface area (Å²) in [4.78, 5) is 242. The minimum absolute atomic E-state index is 0.00760. The van der Waals surface area contributed by atoms with E-state index in [1.54, 1.807) is 78.1 Å². The molecule has 33 N–H and O–H groups in total. The zero-order valence-corrected chi connectivity index (χ0v) is 75.8. The van der Waals surface area contributed by atoms with E-state index in [-0.39, 0.29) is 134 Å². The van der Waals surface area contributed by atoms with Gasteiger partial charge in [0.2, 0.25) is 88.6 Å². The van der Waals surface area contributed by atoms with Crippen molar-refractivity contribution in [1.82, 2.24) is 105 Å². The van der Waals surface area contributed by atoms with Crippen LogP contribution in [0.5, 0.6) is 0 Å². The van der Waals surface area contributed by atoms with Crippen LogP contribution in [-0.2, 0) is 96.0 Å². The highest BCUT2D eigenvalue weighted by Gasteiger charge is 2.43. The number of H-pyrrole nitrogens is 2. The lowest BCUT2D eigenvalue weighted by Crippen LogP contribution is -2.62. The number of nitrogens with one attached hydrogen (secondary N) is 19. The van der Waals surface area contributed by atoms with Crippen molar-refractivity contribution in [2.45, 2.75) is 267 Å². The number of aliphatic carboxylic acids is 1. The van der Waals surface area contributed by atoms with Crippen molar-refractivity contribution in [3.8, 4) is 0 Å². The normalized spacial score (nSPS) is 16.2. The number of unbranched alkanes of at least 4 members (excludes halogenated alkanes) is 1. The Kier molecular flexibility index (Phi) is 48.3. The van der Waals surface area contributed by atoms with Crippen LogP contribution >= 0.6 is 11.8 Å². The summed E-state index contributed by atoms with van der Waals surface area (Å²) in [7, 11) is 0. The predicted molar refractivity (Wildman–Crippen MR) is 477 cm³/mol. The molecular formula is C82H135N27O20S. The highest BCUT2D eigenvalue weighted by Crippen LogP contribution is 2.22. The first-order valence-corrected chi connectivity index (χ1v) is 44.7. The van der Waals surface area contributed by atoms with Crippen molar-refractivity contribution < 1.29 is 97.1 Å². The molecule has 0 spiro atoms. The maximum Gasteiger partial charge on any atom is 0.328 e. The van der Waals surface area contributed by atoms with E-state index in [2.05, 4.69) is 99.7 Å². The third-order valence-electron chi connectivity index (χ3n) is 20.9. The number of aliphatic hydroxyl groups excluding tert-OH is 3. The first kappa shape index (κ1) is 110. The molecule has 2 aromatic heterocycles. The predicted octanol–water partition coefficient (Wildman–Crippen LogP) is -6.96. The minimum Gasteiger partial charge on any atom is -0.480 e. The molecule has 3 aromatic rings. The number of imidazole rings is 2. The Bertz CT molecular complexity index is 4210. The van der Waals surface area contributed by atoms with Crippen LogP contribution in [0.4, 0.5) is 0 Å². The lowest BCUT2D eigenvalue weighted by molar-refractivity contribution is -0.143. The molecule has 47 nitrogen and oxygen atoms in total. The van der Waals surface area contributed by atoms with Crippen molar-refractivity contribution in [2.75, 3.05) is 44.8 Å². The first-order valence-electron chi connectivity index (χ1n) is 43.3. The molecular weight excluding hydrogens is 1720 g/mol. The first-order chi connectivity index (χ1) is 61.5. The van der Waals surface area contributed by atoms with Gasteiger partial charge in [0, 0.05) is 69.1 Å². The number of aromatic nitrogens is 4. The second-order valence-electron chi connectivity index (χ2n) is 33.2. The number of carboxylic acids is 1. The van der Waals surface area contributed by atoms with Crippen LogP contribution in [0, 0.1) is 28.6 Å². The van der Waals surface area contributed by atoms with Gasteiger partial charge in [-0.15, -0.1) is 0 Å². The van der Waals surface area contributed by atoms with Crippen LogP contribution in [-0.4, -0.2) is 299 Å². The SMILES string of the molecule is CSCC[C@H](NC(=O)[C@@H](N)[C@@H](C)O)C(=O)N[C@H](C(=O)N[C@@H](CCCNC(=N)N)C(=O)N1CCC[C@H]1C(=O)N[C@@H](Cc1cnc[nH]1)C(=O)N[C@@H](Cc1ccccc1)C(=O)N[C@@H](Cc1cnc[nH]1)C(=O)N[C@@H](CCCCN)C(=O)N[C@@H](CCCNC(=N)N)C(=O)N[C@@H](CCC(N)=O)C(=O)N[C@@H](CC(C)C)C(=O)N[C@H](C(=O)N[C@@H](CC(C)C)C(=O)N[C@@H](CO)C(=O)O)C(C)C)[C@@H](C)O. The van der Waals surface area contributed by atoms with E-state index < -0.39 is 235 Å². The number of rotatable bonds is 60. The molecule has 0 unspecified atom stereocenters. The van der Waals surface area contributed by atoms with Crippen molar-refractivity contribution in [1.29, 1.82) is 10.8 Å². The third kappa shape index (κ3) is 39.0. The fourth-order valence-corrected chi connectivity index (χ4v) is 14.3. The molecule has 130 heavy (non-hydrogen) atoms. The Morgan fingerprint density at radius 1 is 0.492 bits per heavy atom. The number of carboxylic acid groups (broad SMARTS) is 1. The van der Waals surface area contributed by atoms with Gasteiger partial charge >= 0.3 is 5.97 Å². The summed E-state index contributed by atoms with van der Waals surface area (Å²) in [6.45, 7) is 11.7. The molecule has 724 valence electrons. The van der Waals surface area contributed by atoms with E-state index in [1.807, 2.05) is 0 Å². The third-order valence-corrected chi connectivity index (χ3v) is 21.6. The number of thioether (sulfide) groups is 1. The van der Waals surface area contributed by atoms with E-state index in [1.165, 1.54) is 55.6 Å². The summed E-state index contributed by atoms with van der Waals surface area (Å²) >= 11 is 1.34. The number of nitrogens with zero attached hydrogens (tertiary/aromatic N) is 3. The number of aliphatic hydroxyl groups is 3. The van der Waals surface area contributed by atoms with Crippen LogP contribution in [0.25, 0.3) is 0 Å². The molecule has 0 bridgehead atoms. The average molecular weight is 1850 g/mol. The summed E-state index contributed by atoms with van der Waals surface area (Å²) in [5.74, 6) is -17.3. The van der Waals surface area contributed by atoms with Gasteiger partial charge in [-0.1, -0.05) is 71.9 Å². The molecule has 17 atom stereocenters. The number of likely N-dealkylation sites (tertiary alicyclic amines) is 1. The Balaban J connectivity index is 1.70. The van der Waals surface area contributed by atoms with Crippen molar-refractivity contribution in [3.63, 3.8) is 0 Å². The van der Waals surface area contributed by atoms with Gasteiger partial charge in [-0.25, -0.2) is 14.8 Å². The Morgan fingerprint density at radius 2 is 0.900 bits per heavy atom. The highest BCUT2D eigenvalue weighted by molar-refractivity contribution is 7.98. The standard InChI is InChI=1S/C82H135N27O20S/c1-42(2)32-55(70(118)106-60(39-110)80(128)129)105-77(125)64(44(5)6)107-74(122)56(33-43(3)4)101-68(116)52(24-25-62(84)113)98-67(115)51(21-15-28-92-81(86)87)96-66(114)50(20-13-14-27-83)97-72(120)58(35-48-37-90-40-94-48)103-71(119)57(34-47-18-11-10-12-19-47)102-73(121)59(36-49-38-91-41-95-49)104-75(123)61-23-17-30-109(61)79(127)54(22-16-29-93-82(88)89)100-78(126)65(46(8)112)108-69(117)53(26-31-130-9)99-76(124)63(85)45(7)111/h10-12,18-19,37-38,40-46,50-61,63-65,110-112H,13-17,20-36,39,83,85H2,1-9H3,(H2,84,113)(H,90,94)(H,91,95)(H,96,114)(H,97,120)(H,98,115)(H,99,124)(H,100,126)(H,101,116)(H,102,121)(H,103,119)(H,104,123)(H,105,125)(H,106,118)(H,107,122)(H,108,117)(H,128,129)(H4,86,87,92)(H4,88,89,93)/t45-,46-,50+,51+,52+,53+,54+,55+,56+,57+,58+,59+,60+,61+,63+,64+,65+/m1/s1. The number of hydrogen-bond acceptors (Lipinski definition) is 26. The summed E-state index contributed by atoms with van der Waals surface area (Å²) in [5.41, 5.74) is 29.6. The van der Waals surface area contributed by atoms with Crippen LogP contribution in [0.2, 0.25) is 0 Å². The lowest BCUT2D eigenvalue weighted by atomic mass is 9.98. The number of benzene rings is 1. The van der Waals surface area contributed by atoms with Crippen LogP contribution < -0.4 is 108 Å². The number of carbonyl (C=O) groups excluding carboxylic acids is 15. The number of guanidine groups is 2. The van der Waals surface area contributed by atoms with Gasteiger partial charge in [-0.3, -0.25) is 82.7 Å². The average Bonchev–Trinajstić information content (AvgIpc) is 1.65. The molecule has 1 saturated heterocycles. The molecule has 0 radical (unpaired) electrons. The second-order valence-corrected chi connectivity index (χ2v) is 34.1. The van der Waals surface area contributed by atoms with Gasteiger partial charge < -0.3 is 144 Å². The van der Waals surface area contributed by atoms with Crippen LogP contribution in [0.1, 0.15) is 162 Å². The Labute approximate surface area is 758 Å². The Hall–Kier alpha value is -12.1. The number of primary amides is 1. The fourth-order valence-electron chi connectivity index (χ4n) is 13.8. The molecule has 1 aromatic carbocycles. The van der Waals surface area contributed by atoms with Crippen LogP contribution in [0.15, 0.2) is 55.4 Å². The van der Waals surface area contributed by atoms with Gasteiger partial charge in [0.05, 0.1) is 31.5 Å². The molecule has 0 aliphatic carbocycles. The molecule has 15 amide bonds. The topological polar surface area (TPSA) is 773 Å². The quantitative estimate of drug-likeness (QED) is 0.0142. The van der Waals surface area contributed by atoms with Crippen LogP contribution in [0.3, 0.4) is 0 Å². The molecule has 1 fully saturated rings. The maximum atomic E-state index is 15.3. The van der Waals surface area contributed by atoms with Gasteiger partial charge in [-0.05, 0) is 139 Å². The molecule has 0 saturated carbocycles. The van der Waals surface area contributed by atoms with Gasteiger partial charge in [0.1, 0.15) is 90.6 Å². The van der Waals surface area contributed by atoms with Gasteiger partial charge in [-0.2, -0.15) is 11.8 Å². The zero-order chi connectivity index (χ0) is 97.0. The van der Waals surface area contributed by atoms with Crippen molar-refractivity contribution in [2.24, 2.45) is 46.4 Å². The number of hydrogen-bond donors (Lipinski definition) is 28.